The van der Waals surface area contributed by atoms with Crippen molar-refractivity contribution in [3.05, 3.63) is 70.5 Å². The van der Waals surface area contributed by atoms with E-state index in [4.69, 9.17) is 11.6 Å². The first-order valence-electron chi connectivity index (χ1n) is 7.43. The van der Waals surface area contributed by atoms with E-state index < -0.39 is 0 Å². The first-order chi connectivity index (χ1) is 10.6. The van der Waals surface area contributed by atoms with Crippen molar-refractivity contribution in [3.63, 3.8) is 0 Å². The predicted molar refractivity (Wildman–Crippen MR) is 85.2 cm³/mol. The lowest BCUT2D eigenvalue weighted by Crippen LogP contribution is -2.31. The number of carbonyl (C=O) groups is 1. The second kappa shape index (κ2) is 6.49. The molecule has 1 fully saturated rings. The Morgan fingerprint density at radius 3 is 2.73 bits per heavy atom. The number of carbonyl (C=O) groups excluding carboxylic acids is 1. The van der Waals surface area contributed by atoms with Gasteiger partial charge in [0.2, 0.25) is 5.91 Å². The molecule has 1 heterocycles. The Kier molecular flexibility index (Phi) is 4.44. The molecule has 0 bridgehead atoms. The molecule has 0 aromatic heterocycles. The number of hydrogen-bond acceptors (Lipinski definition) is 1. The summed E-state index contributed by atoms with van der Waals surface area (Å²) in [5, 5.41) is 0.694. The minimum absolute atomic E-state index is 0.0445. The van der Waals surface area contributed by atoms with Crippen molar-refractivity contribution in [2.75, 3.05) is 6.54 Å². The number of nitrogens with zero attached hydrogens (tertiary/aromatic N) is 1. The molecule has 3 rings (SSSR count). The van der Waals surface area contributed by atoms with Crippen molar-refractivity contribution in [1.29, 1.82) is 0 Å². The van der Waals surface area contributed by atoms with Crippen molar-refractivity contribution < 1.29 is 9.18 Å². The fourth-order valence-corrected chi connectivity index (χ4v) is 3.15. The molecule has 1 aliphatic heterocycles. The smallest absolute Gasteiger partial charge is 0.227 e. The van der Waals surface area contributed by atoms with Crippen molar-refractivity contribution >= 4 is 17.5 Å². The number of benzene rings is 2. The van der Waals surface area contributed by atoms with Crippen LogP contribution < -0.4 is 0 Å². The first kappa shape index (κ1) is 15.0. The van der Waals surface area contributed by atoms with Gasteiger partial charge in [-0.15, -0.1) is 0 Å². The molecule has 1 unspecified atom stereocenters. The Balaban J connectivity index is 1.75. The topological polar surface area (TPSA) is 20.3 Å². The minimum atomic E-state index is -0.305. The molecule has 1 atom stereocenters. The molecule has 2 aromatic carbocycles. The molecule has 1 aliphatic rings. The van der Waals surface area contributed by atoms with Crippen molar-refractivity contribution in [1.82, 2.24) is 4.90 Å². The molecule has 2 aromatic rings. The average Bonchev–Trinajstić information content (AvgIpc) is 2.97. The van der Waals surface area contributed by atoms with E-state index in [1.807, 2.05) is 29.2 Å². The number of halogens is 2. The van der Waals surface area contributed by atoms with Crippen LogP contribution in [0.1, 0.15) is 30.0 Å². The molecule has 0 spiro atoms. The molecular weight excluding hydrogens is 301 g/mol. The minimum Gasteiger partial charge on any atom is -0.335 e. The number of amides is 1. The van der Waals surface area contributed by atoms with Gasteiger partial charge in [0.25, 0.3) is 0 Å². The third kappa shape index (κ3) is 3.30. The van der Waals surface area contributed by atoms with E-state index in [0.717, 1.165) is 24.9 Å². The van der Waals surface area contributed by atoms with Crippen LogP contribution >= 0.6 is 11.6 Å². The lowest BCUT2D eigenvalue weighted by atomic mass is 10.0. The molecular formula is C18H17ClFNO. The second-order valence-corrected chi connectivity index (χ2v) is 6.04. The molecule has 0 N–H and O–H groups in total. The third-order valence-corrected chi connectivity index (χ3v) is 4.32. The third-order valence-electron chi connectivity index (χ3n) is 4.07. The Morgan fingerprint density at radius 2 is 2.00 bits per heavy atom. The van der Waals surface area contributed by atoms with E-state index in [2.05, 4.69) is 0 Å². The Hall–Kier alpha value is -1.87. The van der Waals surface area contributed by atoms with Crippen molar-refractivity contribution in [2.24, 2.45) is 0 Å². The fourth-order valence-electron chi connectivity index (χ4n) is 3.02. The maximum Gasteiger partial charge on any atom is 0.227 e. The van der Waals surface area contributed by atoms with Gasteiger partial charge in [-0.1, -0.05) is 35.9 Å². The maximum absolute atomic E-state index is 13.2. The zero-order valence-electron chi connectivity index (χ0n) is 12.1. The van der Waals surface area contributed by atoms with E-state index in [-0.39, 0.29) is 24.2 Å². The van der Waals surface area contributed by atoms with Gasteiger partial charge < -0.3 is 4.90 Å². The Bertz CT molecular complexity index is 671. The standard InChI is InChI=1S/C18H17ClFNO/c19-15-8-6-14(7-9-15)17-5-2-10-21(17)18(22)12-13-3-1-4-16(20)11-13/h1,3-4,6-9,11,17H,2,5,10,12H2. The summed E-state index contributed by atoms with van der Waals surface area (Å²) in [5.74, 6) is -0.260. The van der Waals surface area contributed by atoms with Gasteiger partial charge >= 0.3 is 0 Å². The first-order valence-corrected chi connectivity index (χ1v) is 7.80. The Morgan fingerprint density at radius 1 is 1.23 bits per heavy atom. The van der Waals surface area contributed by atoms with E-state index >= 15 is 0 Å². The summed E-state index contributed by atoms with van der Waals surface area (Å²) < 4.78 is 13.2. The summed E-state index contributed by atoms with van der Waals surface area (Å²) in [6, 6.07) is 14.0. The quantitative estimate of drug-likeness (QED) is 0.822. The molecule has 4 heteroatoms. The highest BCUT2D eigenvalue weighted by atomic mass is 35.5. The molecule has 0 aliphatic carbocycles. The van der Waals surface area contributed by atoms with Gasteiger partial charge in [-0.3, -0.25) is 4.79 Å². The molecule has 114 valence electrons. The summed E-state index contributed by atoms with van der Waals surface area (Å²) in [4.78, 5) is 14.5. The summed E-state index contributed by atoms with van der Waals surface area (Å²) >= 11 is 5.92. The molecule has 0 radical (unpaired) electrons. The number of hydrogen-bond donors (Lipinski definition) is 0. The molecule has 1 amide bonds. The number of likely N-dealkylation sites (tertiary alicyclic amines) is 1. The van der Waals surface area contributed by atoms with Gasteiger partial charge in [0.05, 0.1) is 12.5 Å². The highest BCUT2D eigenvalue weighted by Gasteiger charge is 2.29. The van der Waals surface area contributed by atoms with Gasteiger partial charge in [0.15, 0.2) is 0 Å². The molecule has 1 saturated heterocycles. The number of rotatable bonds is 3. The second-order valence-electron chi connectivity index (χ2n) is 5.60. The van der Waals surface area contributed by atoms with E-state index in [9.17, 15) is 9.18 Å². The van der Waals surface area contributed by atoms with E-state index in [1.54, 1.807) is 12.1 Å². The summed E-state index contributed by atoms with van der Waals surface area (Å²) in [6.07, 6.45) is 2.18. The Labute approximate surface area is 134 Å². The van der Waals surface area contributed by atoms with Crippen LogP contribution in [0.15, 0.2) is 48.5 Å². The van der Waals surface area contributed by atoms with Crippen LogP contribution in [0.2, 0.25) is 5.02 Å². The highest BCUT2D eigenvalue weighted by molar-refractivity contribution is 6.30. The van der Waals surface area contributed by atoms with Crippen LogP contribution in [0.4, 0.5) is 4.39 Å². The van der Waals surface area contributed by atoms with Crippen LogP contribution in [-0.4, -0.2) is 17.4 Å². The summed E-state index contributed by atoms with van der Waals surface area (Å²) in [7, 11) is 0. The van der Waals surface area contributed by atoms with Gasteiger partial charge in [0, 0.05) is 11.6 Å². The van der Waals surface area contributed by atoms with Gasteiger partial charge in [-0.05, 0) is 48.2 Å². The zero-order valence-corrected chi connectivity index (χ0v) is 12.9. The normalized spacial score (nSPS) is 17.7. The zero-order chi connectivity index (χ0) is 15.5. The average molecular weight is 318 g/mol. The highest BCUT2D eigenvalue weighted by Crippen LogP contribution is 2.32. The summed E-state index contributed by atoms with van der Waals surface area (Å²) in [6.45, 7) is 0.751. The van der Waals surface area contributed by atoms with Crippen molar-refractivity contribution in [3.8, 4) is 0 Å². The van der Waals surface area contributed by atoms with Crippen LogP contribution in [0.5, 0.6) is 0 Å². The van der Waals surface area contributed by atoms with Crippen LogP contribution in [0.25, 0.3) is 0 Å². The van der Waals surface area contributed by atoms with Crippen LogP contribution in [-0.2, 0) is 11.2 Å². The van der Waals surface area contributed by atoms with Crippen molar-refractivity contribution in [2.45, 2.75) is 25.3 Å². The molecule has 2 nitrogen and oxygen atoms in total. The molecule has 0 saturated carbocycles. The lowest BCUT2D eigenvalue weighted by Gasteiger charge is -2.25. The predicted octanol–water partition coefficient (Wildman–Crippen LogP) is 4.39. The lowest BCUT2D eigenvalue weighted by molar-refractivity contribution is -0.131. The monoisotopic (exact) mass is 317 g/mol. The largest absolute Gasteiger partial charge is 0.335 e. The van der Waals surface area contributed by atoms with Gasteiger partial charge in [-0.25, -0.2) is 4.39 Å². The molecule has 22 heavy (non-hydrogen) atoms. The van der Waals surface area contributed by atoms with Crippen LogP contribution in [0, 0.1) is 5.82 Å². The summed E-state index contributed by atoms with van der Waals surface area (Å²) in [5.41, 5.74) is 1.82. The van der Waals surface area contributed by atoms with E-state index in [0.29, 0.717) is 10.6 Å². The SMILES string of the molecule is O=C(Cc1cccc(F)c1)N1CCCC1c1ccc(Cl)cc1. The van der Waals surface area contributed by atoms with E-state index in [1.165, 1.54) is 12.1 Å². The van der Waals surface area contributed by atoms with Crippen LogP contribution in [0.3, 0.4) is 0 Å². The van der Waals surface area contributed by atoms with Gasteiger partial charge in [-0.2, -0.15) is 0 Å². The fraction of sp³-hybridized carbons (Fsp3) is 0.278. The maximum atomic E-state index is 13.2. The van der Waals surface area contributed by atoms with Gasteiger partial charge in [0.1, 0.15) is 5.82 Å².